The summed E-state index contributed by atoms with van der Waals surface area (Å²) in [6.07, 6.45) is 0. The predicted molar refractivity (Wildman–Crippen MR) is 73.4 cm³/mol. The second-order valence-electron chi connectivity index (χ2n) is 4.80. The zero-order valence-electron chi connectivity index (χ0n) is 10.5. The molecule has 90 valence electrons. The summed E-state index contributed by atoms with van der Waals surface area (Å²) < 4.78 is 0. The van der Waals surface area contributed by atoms with E-state index in [0.29, 0.717) is 11.6 Å². The Bertz CT molecular complexity index is 643. The van der Waals surface area contributed by atoms with Gasteiger partial charge in [0.15, 0.2) is 0 Å². The van der Waals surface area contributed by atoms with Crippen molar-refractivity contribution in [3.8, 4) is 11.1 Å². The highest BCUT2D eigenvalue weighted by atomic mass is 16.4. The molecule has 2 heteroatoms. The van der Waals surface area contributed by atoms with Crippen molar-refractivity contribution in [3.05, 3.63) is 59.2 Å². The van der Waals surface area contributed by atoms with E-state index >= 15 is 0 Å². The standard InChI is InChI=1S/C16H15NO/c1-10-13-5-3-4-6-14(13)15-8-7-12(9-16(10)15)11(2)17-18/h3-10,18H,1-2H3. The van der Waals surface area contributed by atoms with Gasteiger partial charge in [-0.1, -0.05) is 48.5 Å². The summed E-state index contributed by atoms with van der Waals surface area (Å²) in [5.74, 6) is 0.405. The minimum Gasteiger partial charge on any atom is -0.411 e. The third-order valence-corrected chi connectivity index (χ3v) is 3.80. The van der Waals surface area contributed by atoms with Gasteiger partial charge >= 0.3 is 0 Å². The maximum Gasteiger partial charge on any atom is 0.0837 e. The van der Waals surface area contributed by atoms with Crippen LogP contribution in [0.15, 0.2) is 47.6 Å². The first kappa shape index (κ1) is 11.0. The van der Waals surface area contributed by atoms with E-state index in [2.05, 4.69) is 48.5 Å². The molecule has 0 saturated carbocycles. The molecule has 3 rings (SSSR count). The van der Waals surface area contributed by atoms with Crippen LogP contribution in [0, 0.1) is 0 Å². The van der Waals surface area contributed by atoms with Crippen molar-refractivity contribution in [3.63, 3.8) is 0 Å². The molecule has 1 atom stereocenters. The van der Waals surface area contributed by atoms with E-state index in [4.69, 9.17) is 5.21 Å². The normalized spacial score (nSPS) is 17.4. The van der Waals surface area contributed by atoms with Gasteiger partial charge in [0.05, 0.1) is 5.71 Å². The van der Waals surface area contributed by atoms with Crippen LogP contribution in [0.1, 0.15) is 36.5 Å². The van der Waals surface area contributed by atoms with Gasteiger partial charge in [-0.2, -0.15) is 0 Å². The monoisotopic (exact) mass is 237 g/mol. The minimum absolute atomic E-state index is 0.405. The Labute approximate surface area is 107 Å². The lowest BCUT2D eigenvalue weighted by molar-refractivity contribution is 0.319. The van der Waals surface area contributed by atoms with Crippen molar-refractivity contribution < 1.29 is 5.21 Å². The molecule has 1 aliphatic rings. The predicted octanol–water partition coefficient (Wildman–Crippen LogP) is 4.02. The summed E-state index contributed by atoms with van der Waals surface area (Å²) in [5.41, 5.74) is 6.95. The van der Waals surface area contributed by atoms with Crippen LogP contribution in [0.5, 0.6) is 0 Å². The summed E-state index contributed by atoms with van der Waals surface area (Å²) >= 11 is 0. The van der Waals surface area contributed by atoms with Crippen LogP contribution >= 0.6 is 0 Å². The van der Waals surface area contributed by atoms with Crippen molar-refractivity contribution in [2.75, 3.05) is 0 Å². The Morgan fingerprint density at radius 3 is 2.56 bits per heavy atom. The van der Waals surface area contributed by atoms with E-state index in [9.17, 15) is 0 Å². The van der Waals surface area contributed by atoms with Gasteiger partial charge in [-0.3, -0.25) is 0 Å². The number of hydrogen-bond acceptors (Lipinski definition) is 2. The van der Waals surface area contributed by atoms with E-state index in [1.54, 1.807) is 0 Å². The van der Waals surface area contributed by atoms with Crippen LogP contribution in [0.2, 0.25) is 0 Å². The SMILES string of the molecule is CC(=NO)c1ccc2c(c1)C(C)c1ccccc1-2. The smallest absolute Gasteiger partial charge is 0.0837 e. The van der Waals surface area contributed by atoms with E-state index in [-0.39, 0.29) is 0 Å². The number of rotatable bonds is 1. The average Bonchev–Trinajstić information content (AvgIpc) is 2.72. The minimum atomic E-state index is 0.405. The largest absolute Gasteiger partial charge is 0.411 e. The van der Waals surface area contributed by atoms with Gasteiger partial charge in [-0.25, -0.2) is 0 Å². The van der Waals surface area contributed by atoms with E-state index in [1.165, 1.54) is 22.3 Å². The Balaban J connectivity index is 2.20. The lowest BCUT2D eigenvalue weighted by atomic mass is 9.97. The van der Waals surface area contributed by atoms with Crippen molar-refractivity contribution >= 4 is 5.71 Å². The Kier molecular flexibility index (Phi) is 2.44. The van der Waals surface area contributed by atoms with Gasteiger partial charge in [0.1, 0.15) is 0 Å². The second kappa shape index (κ2) is 3.98. The number of oxime groups is 1. The Hall–Kier alpha value is -2.09. The molecule has 0 amide bonds. The summed E-state index contributed by atoms with van der Waals surface area (Å²) in [5, 5.41) is 12.1. The molecule has 0 aromatic heterocycles. The number of fused-ring (bicyclic) bond motifs is 3. The van der Waals surface area contributed by atoms with Crippen molar-refractivity contribution in [2.24, 2.45) is 5.16 Å². The van der Waals surface area contributed by atoms with Crippen molar-refractivity contribution in [1.82, 2.24) is 0 Å². The number of hydrogen-bond donors (Lipinski definition) is 1. The zero-order valence-corrected chi connectivity index (χ0v) is 10.5. The fourth-order valence-electron chi connectivity index (χ4n) is 2.74. The molecule has 0 fully saturated rings. The third-order valence-electron chi connectivity index (χ3n) is 3.80. The molecule has 1 N–H and O–H groups in total. The molecule has 0 saturated heterocycles. The molecule has 2 nitrogen and oxygen atoms in total. The van der Waals surface area contributed by atoms with E-state index < -0.39 is 0 Å². The summed E-state index contributed by atoms with van der Waals surface area (Å²) in [6.45, 7) is 4.04. The van der Waals surface area contributed by atoms with Crippen LogP contribution in [0.4, 0.5) is 0 Å². The molecule has 0 aliphatic heterocycles. The van der Waals surface area contributed by atoms with E-state index in [0.717, 1.165) is 5.56 Å². The fraction of sp³-hybridized carbons (Fsp3) is 0.188. The topological polar surface area (TPSA) is 32.6 Å². The van der Waals surface area contributed by atoms with Crippen LogP contribution in [0.25, 0.3) is 11.1 Å². The highest BCUT2D eigenvalue weighted by molar-refractivity contribution is 5.99. The molecule has 0 bridgehead atoms. The Morgan fingerprint density at radius 1 is 1.06 bits per heavy atom. The van der Waals surface area contributed by atoms with Gasteiger partial charge in [-0.15, -0.1) is 0 Å². The molecular weight excluding hydrogens is 222 g/mol. The van der Waals surface area contributed by atoms with E-state index in [1.807, 2.05) is 13.0 Å². The average molecular weight is 237 g/mol. The highest BCUT2D eigenvalue weighted by Crippen LogP contribution is 2.44. The van der Waals surface area contributed by atoms with Crippen LogP contribution in [-0.2, 0) is 0 Å². The van der Waals surface area contributed by atoms with Gasteiger partial charge in [0.25, 0.3) is 0 Å². The van der Waals surface area contributed by atoms with Gasteiger partial charge in [0.2, 0.25) is 0 Å². The molecule has 0 spiro atoms. The van der Waals surface area contributed by atoms with Crippen LogP contribution in [-0.4, -0.2) is 10.9 Å². The van der Waals surface area contributed by atoms with Gasteiger partial charge in [0, 0.05) is 5.92 Å². The summed E-state index contributed by atoms with van der Waals surface area (Å²) in [7, 11) is 0. The number of nitrogens with zero attached hydrogens (tertiary/aromatic N) is 1. The molecule has 1 aliphatic carbocycles. The van der Waals surface area contributed by atoms with Crippen LogP contribution < -0.4 is 0 Å². The lowest BCUT2D eigenvalue weighted by Crippen LogP contribution is -1.97. The maximum atomic E-state index is 8.86. The molecular formula is C16H15NO. The van der Waals surface area contributed by atoms with Crippen LogP contribution in [0.3, 0.4) is 0 Å². The van der Waals surface area contributed by atoms with Gasteiger partial charge in [-0.05, 0) is 40.8 Å². The second-order valence-corrected chi connectivity index (χ2v) is 4.80. The van der Waals surface area contributed by atoms with Crippen molar-refractivity contribution in [1.29, 1.82) is 0 Å². The first-order valence-electron chi connectivity index (χ1n) is 6.14. The third kappa shape index (κ3) is 1.46. The molecule has 2 aromatic rings. The Morgan fingerprint density at radius 2 is 1.78 bits per heavy atom. The highest BCUT2D eigenvalue weighted by Gasteiger charge is 2.25. The molecule has 0 radical (unpaired) electrons. The first-order valence-corrected chi connectivity index (χ1v) is 6.14. The van der Waals surface area contributed by atoms with Crippen molar-refractivity contribution in [2.45, 2.75) is 19.8 Å². The van der Waals surface area contributed by atoms with Gasteiger partial charge < -0.3 is 5.21 Å². The summed E-state index contributed by atoms with van der Waals surface area (Å²) in [6, 6.07) is 14.8. The molecule has 0 heterocycles. The number of benzene rings is 2. The maximum absolute atomic E-state index is 8.86. The molecule has 1 unspecified atom stereocenters. The first-order chi connectivity index (χ1) is 8.72. The summed E-state index contributed by atoms with van der Waals surface area (Å²) in [4.78, 5) is 0. The molecule has 18 heavy (non-hydrogen) atoms. The quantitative estimate of drug-likeness (QED) is 0.453. The zero-order chi connectivity index (χ0) is 12.7. The lowest BCUT2D eigenvalue weighted by Gasteiger charge is -2.07. The molecule has 2 aromatic carbocycles. The fourth-order valence-corrected chi connectivity index (χ4v) is 2.74.